The Morgan fingerprint density at radius 3 is 2.61 bits per heavy atom. The van der Waals surface area contributed by atoms with Crippen LogP contribution in [-0.4, -0.2) is 55.5 Å². The van der Waals surface area contributed by atoms with Crippen LogP contribution in [0.4, 0.5) is 5.69 Å². The van der Waals surface area contributed by atoms with Crippen LogP contribution in [0.15, 0.2) is 24.3 Å². The first-order valence-electron chi connectivity index (χ1n) is 6.11. The summed E-state index contributed by atoms with van der Waals surface area (Å²) in [5, 5.41) is 0. The fourth-order valence-corrected chi connectivity index (χ4v) is 1.92. The Labute approximate surface area is 107 Å². The second-order valence-electron chi connectivity index (χ2n) is 4.59. The third-order valence-electron chi connectivity index (χ3n) is 3.09. The van der Waals surface area contributed by atoms with Crippen LogP contribution < -0.4 is 10.5 Å². The first-order valence-corrected chi connectivity index (χ1v) is 6.11. The molecule has 1 aliphatic heterocycles. The maximum atomic E-state index is 11.8. The first kappa shape index (κ1) is 12.9. The molecule has 98 valence electrons. The van der Waals surface area contributed by atoms with E-state index in [1.165, 1.54) is 0 Å². The van der Waals surface area contributed by atoms with Crippen LogP contribution in [0.2, 0.25) is 0 Å². The molecule has 5 heteroatoms. The normalized spacial score (nSPS) is 17.6. The number of rotatable bonds is 3. The molecule has 1 heterocycles. The van der Waals surface area contributed by atoms with Gasteiger partial charge in [0.25, 0.3) is 0 Å². The van der Waals surface area contributed by atoms with Gasteiger partial charge in [0.15, 0.2) is 5.75 Å². The summed E-state index contributed by atoms with van der Waals surface area (Å²) in [5.41, 5.74) is 6.21. The number of carbonyl (C=O) groups is 1. The summed E-state index contributed by atoms with van der Waals surface area (Å²) in [4.78, 5) is 16.1. The van der Waals surface area contributed by atoms with Crippen molar-refractivity contribution in [2.24, 2.45) is 0 Å². The molecule has 0 aromatic heterocycles. The minimum absolute atomic E-state index is 0.252. The predicted molar refractivity (Wildman–Crippen MR) is 70.4 cm³/mol. The number of nitrogens with two attached hydrogens (primary N) is 1. The number of para-hydroxylation sites is 2. The van der Waals surface area contributed by atoms with Crippen molar-refractivity contribution in [2.45, 2.75) is 0 Å². The molecule has 18 heavy (non-hydrogen) atoms. The van der Waals surface area contributed by atoms with Gasteiger partial charge < -0.3 is 15.4 Å². The van der Waals surface area contributed by atoms with Gasteiger partial charge in [-0.3, -0.25) is 9.69 Å². The van der Waals surface area contributed by atoms with Gasteiger partial charge in [0.2, 0.25) is 0 Å². The fourth-order valence-electron chi connectivity index (χ4n) is 1.92. The minimum atomic E-state index is -0.252. The molecule has 0 radical (unpaired) electrons. The molecular formula is C13H19N3O2. The summed E-state index contributed by atoms with van der Waals surface area (Å²) in [6.07, 6.45) is 0. The van der Waals surface area contributed by atoms with Gasteiger partial charge in [-0.25, -0.2) is 0 Å². The van der Waals surface area contributed by atoms with Gasteiger partial charge in [-0.2, -0.15) is 0 Å². The number of nitrogen functional groups attached to an aromatic ring is 1. The van der Waals surface area contributed by atoms with E-state index in [2.05, 4.69) is 16.8 Å². The summed E-state index contributed by atoms with van der Waals surface area (Å²) in [5.74, 6) is 0.189. The molecule has 2 rings (SSSR count). The lowest BCUT2D eigenvalue weighted by atomic mass is 10.3. The number of ether oxygens (including phenoxy) is 1. The molecule has 0 spiro atoms. The summed E-state index contributed by atoms with van der Waals surface area (Å²) in [7, 11) is 2.08. The second kappa shape index (κ2) is 5.84. The van der Waals surface area contributed by atoms with E-state index in [4.69, 9.17) is 10.5 Å². The number of likely N-dealkylation sites (N-methyl/N-ethyl adjacent to an activating group) is 1. The molecular weight excluding hydrogens is 230 g/mol. The molecule has 0 amide bonds. The molecule has 0 unspecified atom stereocenters. The van der Waals surface area contributed by atoms with Gasteiger partial charge in [0.05, 0.1) is 12.2 Å². The highest BCUT2D eigenvalue weighted by Gasteiger charge is 2.17. The Morgan fingerprint density at radius 1 is 1.28 bits per heavy atom. The van der Waals surface area contributed by atoms with Crippen LogP contribution >= 0.6 is 0 Å². The average molecular weight is 249 g/mol. The first-order chi connectivity index (χ1) is 8.65. The van der Waals surface area contributed by atoms with Crippen molar-refractivity contribution in [3.8, 4) is 5.75 Å². The average Bonchev–Trinajstić information content (AvgIpc) is 2.35. The molecule has 1 aromatic rings. The van der Waals surface area contributed by atoms with E-state index in [1.54, 1.807) is 18.2 Å². The maximum Gasteiger partial charge on any atom is 0.325 e. The van der Waals surface area contributed by atoms with Crippen LogP contribution in [0.5, 0.6) is 5.75 Å². The molecule has 1 aliphatic rings. The molecule has 2 N–H and O–H groups in total. The van der Waals surface area contributed by atoms with Crippen molar-refractivity contribution in [3.63, 3.8) is 0 Å². The monoisotopic (exact) mass is 249 g/mol. The van der Waals surface area contributed by atoms with Crippen molar-refractivity contribution in [1.29, 1.82) is 0 Å². The van der Waals surface area contributed by atoms with Crippen molar-refractivity contribution >= 4 is 11.7 Å². The van der Waals surface area contributed by atoms with Crippen LogP contribution in [0.25, 0.3) is 0 Å². The third-order valence-corrected chi connectivity index (χ3v) is 3.09. The fraction of sp³-hybridized carbons (Fsp3) is 0.462. The summed E-state index contributed by atoms with van der Waals surface area (Å²) < 4.78 is 5.26. The Hall–Kier alpha value is -1.59. The highest BCUT2D eigenvalue weighted by Crippen LogP contribution is 2.19. The van der Waals surface area contributed by atoms with E-state index in [1.807, 2.05) is 6.07 Å². The van der Waals surface area contributed by atoms with E-state index < -0.39 is 0 Å². The topological polar surface area (TPSA) is 58.8 Å². The Morgan fingerprint density at radius 2 is 1.94 bits per heavy atom. The minimum Gasteiger partial charge on any atom is -0.423 e. The van der Waals surface area contributed by atoms with Gasteiger partial charge in [-0.1, -0.05) is 12.1 Å². The molecule has 0 saturated carbocycles. The molecule has 1 saturated heterocycles. The zero-order valence-electron chi connectivity index (χ0n) is 10.6. The zero-order valence-corrected chi connectivity index (χ0v) is 10.6. The number of carbonyl (C=O) groups excluding carboxylic acids is 1. The van der Waals surface area contributed by atoms with Crippen molar-refractivity contribution in [2.75, 3.05) is 45.5 Å². The maximum absolute atomic E-state index is 11.8. The number of esters is 1. The number of hydrogen-bond acceptors (Lipinski definition) is 5. The van der Waals surface area contributed by atoms with E-state index >= 15 is 0 Å². The molecule has 1 fully saturated rings. The zero-order chi connectivity index (χ0) is 13.0. The molecule has 0 aliphatic carbocycles. The standard InChI is InChI=1S/C13H19N3O2/c1-15-6-8-16(9-7-15)10-13(17)18-12-5-3-2-4-11(12)14/h2-5H,6-10,14H2,1H3. The Balaban J connectivity index is 1.84. The predicted octanol–water partition coefficient (Wildman–Crippen LogP) is 0.422. The van der Waals surface area contributed by atoms with Crippen molar-refractivity contribution in [3.05, 3.63) is 24.3 Å². The molecule has 1 aromatic carbocycles. The number of piperazine rings is 1. The molecule has 0 bridgehead atoms. The number of anilines is 1. The van der Waals surface area contributed by atoms with Gasteiger partial charge in [0.1, 0.15) is 0 Å². The van der Waals surface area contributed by atoms with Gasteiger partial charge in [-0.15, -0.1) is 0 Å². The largest absolute Gasteiger partial charge is 0.423 e. The summed E-state index contributed by atoms with van der Waals surface area (Å²) in [6.45, 7) is 4.09. The van der Waals surface area contributed by atoms with Crippen LogP contribution in [-0.2, 0) is 4.79 Å². The second-order valence-corrected chi connectivity index (χ2v) is 4.59. The number of hydrogen-bond donors (Lipinski definition) is 1. The smallest absolute Gasteiger partial charge is 0.325 e. The van der Waals surface area contributed by atoms with E-state index in [9.17, 15) is 4.79 Å². The lowest BCUT2D eigenvalue weighted by Gasteiger charge is -2.31. The third kappa shape index (κ3) is 3.45. The Bertz CT molecular complexity index is 414. The van der Waals surface area contributed by atoms with Gasteiger partial charge >= 0.3 is 5.97 Å². The highest BCUT2D eigenvalue weighted by atomic mass is 16.5. The summed E-state index contributed by atoms with van der Waals surface area (Å²) >= 11 is 0. The van der Waals surface area contributed by atoms with Gasteiger partial charge in [-0.05, 0) is 19.2 Å². The Kier molecular flexibility index (Phi) is 4.17. The van der Waals surface area contributed by atoms with Crippen molar-refractivity contribution < 1.29 is 9.53 Å². The highest BCUT2D eigenvalue weighted by molar-refractivity contribution is 5.76. The van der Waals surface area contributed by atoms with Crippen LogP contribution in [0, 0.1) is 0 Å². The lowest BCUT2D eigenvalue weighted by Crippen LogP contribution is -2.46. The van der Waals surface area contributed by atoms with Gasteiger partial charge in [0, 0.05) is 26.2 Å². The number of nitrogens with zero attached hydrogens (tertiary/aromatic N) is 2. The van der Waals surface area contributed by atoms with Crippen molar-refractivity contribution in [1.82, 2.24) is 9.80 Å². The molecule has 5 nitrogen and oxygen atoms in total. The van der Waals surface area contributed by atoms with Crippen LogP contribution in [0.1, 0.15) is 0 Å². The summed E-state index contributed by atoms with van der Waals surface area (Å²) in [6, 6.07) is 7.04. The number of benzene rings is 1. The SMILES string of the molecule is CN1CCN(CC(=O)Oc2ccccc2N)CC1. The quantitative estimate of drug-likeness (QED) is 0.478. The molecule has 0 atom stereocenters. The lowest BCUT2D eigenvalue weighted by molar-refractivity contribution is -0.136. The van der Waals surface area contributed by atoms with E-state index in [0.29, 0.717) is 18.0 Å². The van der Waals surface area contributed by atoms with Crippen LogP contribution in [0.3, 0.4) is 0 Å². The van der Waals surface area contributed by atoms with E-state index in [0.717, 1.165) is 26.2 Å². The van der Waals surface area contributed by atoms with E-state index in [-0.39, 0.29) is 5.97 Å².